The van der Waals surface area contributed by atoms with Crippen molar-refractivity contribution < 1.29 is 13.2 Å². The van der Waals surface area contributed by atoms with Gasteiger partial charge in [-0.05, 0) is 32.6 Å². The standard InChI is InChI=1S/C13H24N2O3S/c1-4-11-14-13(3,5-2)12(16)15(11)10-6-8-19(17,18)9-7-10/h10-11,14H,4-9H2,1-3H3. The van der Waals surface area contributed by atoms with Crippen molar-refractivity contribution in [2.75, 3.05) is 11.5 Å². The van der Waals surface area contributed by atoms with Crippen LogP contribution in [0.3, 0.4) is 0 Å². The maximum Gasteiger partial charge on any atom is 0.244 e. The Kier molecular flexibility index (Phi) is 3.93. The molecule has 6 heteroatoms. The monoisotopic (exact) mass is 288 g/mol. The Hall–Kier alpha value is -0.620. The lowest BCUT2D eigenvalue weighted by molar-refractivity contribution is -0.135. The molecule has 0 bridgehead atoms. The third kappa shape index (κ3) is 2.65. The van der Waals surface area contributed by atoms with Gasteiger partial charge in [-0.25, -0.2) is 8.42 Å². The van der Waals surface area contributed by atoms with Crippen LogP contribution in [-0.4, -0.2) is 48.5 Å². The third-order valence-corrected chi connectivity index (χ3v) is 6.25. The zero-order valence-electron chi connectivity index (χ0n) is 12.0. The summed E-state index contributed by atoms with van der Waals surface area (Å²) in [5.74, 6) is 0.549. The number of carbonyl (C=O) groups is 1. The van der Waals surface area contributed by atoms with Gasteiger partial charge in [0.05, 0.1) is 23.2 Å². The van der Waals surface area contributed by atoms with Gasteiger partial charge >= 0.3 is 0 Å². The lowest BCUT2D eigenvalue weighted by Crippen LogP contribution is -2.48. The first-order chi connectivity index (χ1) is 8.83. The van der Waals surface area contributed by atoms with E-state index in [-0.39, 0.29) is 29.6 Å². The van der Waals surface area contributed by atoms with E-state index < -0.39 is 15.4 Å². The van der Waals surface area contributed by atoms with Gasteiger partial charge in [0.2, 0.25) is 5.91 Å². The molecule has 2 rings (SSSR count). The summed E-state index contributed by atoms with van der Waals surface area (Å²) in [4.78, 5) is 14.5. The minimum Gasteiger partial charge on any atom is -0.323 e. The van der Waals surface area contributed by atoms with Crippen molar-refractivity contribution in [3.05, 3.63) is 0 Å². The van der Waals surface area contributed by atoms with Crippen LogP contribution in [0.25, 0.3) is 0 Å². The van der Waals surface area contributed by atoms with Gasteiger partial charge in [0.15, 0.2) is 0 Å². The molecule has 0 aliphatic carbocycles. The summed E-state index contributed by atoms with van der Waals surface area (Å²) in [5, 5.41) is 3.41. The molecule has 1 amide bonds. The molecule has 0 spiro atoms. The fraction of sp³-hybridized carbons (Fsp3) is 0.923. The van der Waals surface area contributed by atoms with Gasteiger partial charge in [-0.1, -0.05) is 13.8 Å². The highest BCUT2D eigenvalue weighted by atomic mass is 32.2. The maximum atomic E-state index is 12.6. The summed E-state index contributed by atoms with van der Waals surface area (Å²) in [6, 6.07) is 0.0712. The zero-order chi connectivity index (χ0) is 14.3. The van der Waals surface area contributed by atoms with E-state index in [2.05, 4.69) is 12.2 Å². The number of hydrogen-bond acceptors (Lipinski definition) is 4. The summed E-state index contributed by atoms with van der Waals surface area (Å²) in [7, 11) is -2.88. The second kappa shape index (κ2) is 5.05. The largest absolute Gasteiger partial charge is 0.323 e. The molecule has 2 atom stereocenters. The number of sulfone groups is 1. The van der Waals surface area contributed by atoms with Crippen LogP contribution in [0.2, 0.25) is 0 Å². The Balaban J connectivity index is 2.17. The van der Waals surface area contributed by atoms with Crippen LogP contribution in [0.15, 0.2) is 0 Å². The fourth-order valence-electron chi connectivity index (χ4n) is 3.05. The summed E-state index contributed by atoms with van der Waals surface area (Å²) in [5.41, 5.74) is -0.489. The molecule has 0 radical (unpaired) electrons. The quantitative estimate of drug-likeness (QED) is 0.838. The highest BCUT2D eigenvalue weighted by molar-refractivity contribution is 7.91. The van der Waals surface area contributed by atoms with Crippen molar-refractivity contribution in [3.63, 3.8) is 0 Å². The molecule has 5 nitrogen and oxygen atoms in total. The first kappa shape index (κ1) is 14.8. The second-order valence-corrected chi connectivity index (χ2v) is 8.15. The predicted molar refractivity (Wildman–Crippen MR) is 74.4 cm³/mol. The molecule has 2 heterocycles. The molecule has 2 saturated heterocycles. The van der Waals surface area contributed by atoms with E-state index in [1.54, 1.807) is 0 Å². The number of rotatable bonds is 3. The molecular weight excluding hydrogens is 264 g/mol. The first-order valence-corrected chi connectivity index (χ1v) is 8.96. The molecule has 0 saturated carbocycles. The van der Waals surface area contributed by atoms with Crippen LogP contribution < -0.4 is 5.32 Å². The summed E-state index contributed by atoms with van der Waals surface area (Å²) < 4.78 is 23.0. The number of amides is 1. The van der Waals surface area contributed by atoms with Crippen molar-refractivity contribution >= 4 is 15.7 Å². The van der Waals surface area contributed by atoms with Crippen LogP contribution in [0.4, 0.5) is 0 Å². The molecule has 110 valence electrons. The molecule has 2 aliphatic rings. The van der Waals surface area contributed by atoms with Crippen molar-refractivity contribution in [1.29, 1.82) is 0 Å². The fourth-order valence-corrected chi connectivity index (χ4v) is 4.52. The molecule has 0 aromatic heterocycles. The van der Waals surface area contributed by atoms with Gasteiger partial charge in [-0.2, -0.15) is 0 Å². The van der Waals surface area contributed by atoms with E-state index in [1.807, 2.05) is 18.7 Å². The molecule has 1 N–H and O–H groups in total. The lowest BCUT2D eigenvalue weighted by Gasteiger charge is -2.34. The summed E-state index contributed by atoms with van der Waals surface area (Å²) in [6.07, 6.45) is 2.80. The topological polar surface area (TPSA) is 66.5 Å². The van der Waals surface area contributed by atoms with E-state index in [1.165, 1.54) is 0 Å². The second-order valence-electron chi connectivity index (χ2n) is 5.85. The Labute approximate surface area is 115 Å². The van der Waals surface area contributed by atoms with E-state index in [0.717, 1.165) is 12.8 Å². The van der Waals surface area contributed by atoms with Gasteiger partial charge in [0, 0.05) is 6.04 Å². The van der Waals surface area contributed by atoms with Crippen molar-refractivity contribution in [1.82, 2.24) is 10.2 Å². The van der Waals surface area contributed by atoms with Crippen LogP contribution in [0.5, 0.6) is 0 Å². The summed E-state index contributed by atoms with van der Waals surface area (Å²) >= 11 is 0. The maximum absolute atomic E-state index is 12.6. The number of nitrogens with zero attached hydrogens (tertiary/aromatic N) is 1. The van der Waals surface area contributed by atoms with E-state index in [4.69, 9.17) is 0 Å². The first-order valence-electron chi connectivity index (χ1n) is 7.14. The van der Waals surface area contributed by atoms with Gasteiger partial charge in [0.25, 0.3) is 0 Å². The minimum absolute atomic E-state index is 0.0447. The van der Waals surface area contributed by atoms with Crippen LogP contribution in [0, 0.1) is 0 Å². The average Bonchev–Trinajstić information content (AvgIpc) is 2.63. The van der Waals surface area contributed by atoms with Crippen molar-refractivity contribution in [3.8, 4) is 0 Å². The minimum atomic E-state index is -2.88. The Morgan fingerprint density at radius 1 is 1.32 bits per heavy atom. The Morgan fingerprint density at radius 2 is 1.89 bits per heavy atom. The molecule has 2 unspecified atom stereocenters. The average molecular weight is 288 g/mol. The predicted octanol–water partition coefficient (Wildman–Crippen LogP) is 0.900. The molecule has 2 fully saturated rings. The normalized spacial score (nSPS) is 35.8. The van der Waals surface area contributed by atoms with Crippen molar-refractivity contribution in [2.24, 2.45) is 0 Å². The lowest BCUT2D eigenvalue weighted by atomic mass is 9.98. The van der Waals surface area contributed by atoms with Gasteiger partial charge in [-0.15, -0.1) is 0 Å². The van der Waals surface area contributed by atoms with E-state index in [0.29, 0.717) is 12.8 Å². The SMILES string of the molecule is CCC1NC(C)(CC)C(=O)N1C1CCS(=O)(=O)CC1. The third-order valence-electron chi connectivity index (χ3n) is 4.54. The van der Waals surface area contributed by atoms with Crippen LogP contribution >= 0.6 is 0 Å². The smallest absolute Gasteiger partial charge is 0.244 e. The van der Waals surface area contributed by atoms with E-state index in [9.17, 15) is 13.2 Å². The van der Waals surface area contributed by atoms with Crippen LogP contribution in [0.1, 0.15) is 46.5 Å². The number of hydrogen-bond donors (Lipinski definition) is 1. The molecule has 2 aliphatic heterocycles. The molecule has 0 aromatic carbocycles. The molecular formula is C13H24N2O3S. The zero-order valence-corrected chi connectivity index (χ0v) is 12.8. The number of nitrogens with one attached hydrogen (secondary N) is 1. The van der Waals surface area contributed by atoms with E-state index >= 15 is 0 Å². The summed E-state index contributed by atoms with van der Waals surface area (Å²) in [6.45, 7) is 6.00. The highest BCUT2D eigenvalue weighted by Gasteiger charge is 2.49. The van der Waals surface area contributed by atoms with Gasteiger partial charge in [0.1, 0.15) is 9.84 Å². The molecule has 19 heavy (non-hydrogen) atoms. The Bertz CT molecular complexity index is 449. The van der Waals surface area contributed by atoms with Gasteiger partial charge in [-0.3, -0.25) is 10.1 Å². The molecule has 0 aromatic rings. The van der Waals surface area contributed by atoms with Crippen LogP contribution in [-0.2, 0) is 14.6 Å². The van der Waals surface area contributed by atoms with Crippen molar-refractivity contribution in [2.45, 2.75) is 64.2 Å². The number of carbonyl (C=O) groups excluding carboxylic acids is 1. The highest BCUT2D eigenvalue weighted by Crippen LogP contribution is 2.30. The Morgan fingerprint density at radius 3 is 2.37 bits per heavy atom. The van der Waals surface area contributed by atoms with Gasteiger partial charge < -0.3 is 4.90 Å².